The van der Waals surface area contributed by atoms with E-state index >= 15 is 0 Å². The highest BCUT2D eigenvalue weighted by atomic mass is 16.5. The summed E-state index contributed by atoms with van der Waals surface area (Å²) in [5.74, 6) is 2.83. The number of ether oxygens (including phenoxy) is 2. The Bertz CT molecular complexity index is 1310. The lowest BCUT2D eigenvalue weighted by Crippen LogP contribution is -2.32. The molecule has 0 spiro atoms. The summed E-state index contributed by atoms with van der Waals surface area (Å²) >= 11 is 0. The number of rotatable bonds is 18. The molecule has 2 fully saturated rings. The van der Waals surface area contributed by atoms with Crippen LogP contribution in [0.25, 0.3) is 0 Å². The number of esters is 1. The largest absolute Gasteiger partial charge is 0.487 e. The minimum absolute atomic E-state index is 0.0586. The Morgan fingerprint density at radius 3 is 1.61 bits per heavy atom. The first-order chi connectivity index (χ1) is 23.5. The molecule has 2 unspecified atom stereocenters. The Labute approximate surface area is 301 Å². The number of unbranched alkanes of at least 4 members (excludes halogenated alkanes) is 4. The summed E-state index contributed by atoms with van der Waals surface area (Å²) < 4.78 is 13.4. The van der Waals surface area contributed by atoms with E-state index in [4.69, 9.17) is 9.47 Å². The molecular formula is C46H72O3. The Morgan fingerprint density at radius 1 is 0.633 bits per heavy atom. The second-order valence-corrected chi connectivity index (χ2v) is 16.9. The third-order valence-corrected chi connectivity index (χ3v) is 12.8. The Morgan fingerprint density at radius 2 is 1.12 bits per heavy atom. The van der Waals surface area contributed by atoms with Crippen LogP contribution in [0.2, 0.25) is 0 Å². The Hall–Kier alpha value is -2.29. The fourth-order valence-corrected chi connectivity index (χ4v) is 8.42. The summed E-state index contributed by atoms with van der Waals surface area (Å²) in [6, 6.07) is 13.9. The highest BCUT2D eigenvalue weighted by Gasteiger charge is 2.35. The molecule has 3 nitrogen and oxygen atoms in total. The fraction of sp³-hybridized carbons (Fsp3) is 0.717. The monoisotopic (exact) mass is 673 g/mol. The SMILES string of the molecule is CCCCCC(C)(CC)Oc1ccc(C(C)(C)c2ccc(OC(=O)C(C)(CC)CCCCC)c(C3CCCCC3)c2)cc1C1CCCCC1. The molecule has 274 valence electrons. The molecule has 0 N–H and O–H groups in total. The van der Waals surface area contributed by atoms with Gasteiger partial charge < -0.3 is 9.47 Å². The van der Waals surface area contributed by atoms with Crippen LogP contribution >= 0.6 is 0 Å². The first-order valence-electron chi connectivity index (χ1n) is 20.7. The van der Waals surface area contributed by atoms with Crippen molar-refractivity contribution in [2.24, 2.45) is 5.41 Å². The summed E-state index contributed by atoms with van der Waals surface area (Å²) in [5.41, 5.74) is 4.51. The van der Waals surface area contributed by atoms with Crippen molar-refractivity contribution in [3.05, 3.63) is 58.7 Å². The summed E-state index contributed by atoms with van der Waals surface area (Å²) in [6.45, 7) is 18.1. The summed E-state index contributed by atoms with van der Waals surface area (Å²) in [7, 11) is 0. The van der Waals surface area contributed by atoms with Crippen LogP contribution in [0.4, 0.5) is 0 Å². The lowest BCUT2D eigenvalue weighted by Gasteiger charge is -2.35. The molecule has 2 atom stereocenters. The molecular weight excluding hydrogens is 601 g/mol. The van der Waals surface area contributed by atoms with E-state index in [-0.39, 0.29) is 17.0 Å². The van der Waals surface area contributed by atoms with Crippen LogP contribution in [0.15, 0.2) is 36.4 Å². The first kappa shape index (κ1) is 39.5. The topological polar surface area (TPSA) is 35.5 Å². The van der Waals surface area contributed by atoms with E-state index in [1.165, 1.54) is 106 Å². The van der Waals surface area contributed by atoms with E-state index < -0.39 is 5.41 Å². The van der Waals surface area contributed by atoms with E-state index in [9.17, 15) is 4.79 Å². The van der Waals surface area contributed by atoms with Crippen LogP contribution in [0.5, 0.6) is 11.5 Å². The quantitative estimate of drug-likeness (QED) is 0.0898. The number of carbonyl (C=O) groups is 1. The van der Waals surface area contributed by atoms with Crippen LogP contribution in [0.3, 0.4) is 0 Å². The van der Waals surface area contributed by atoms with Gasteiger partial charge in [0, 0.05) is 5.41 Å². The van der Waals surface area contributed by atoms with Gasteiger partial charge in [-0.3, -0.25) is 4.79 Å². The molecule has 0 radical (unpaired) electrons. The highest BCUT2D eigenvalue weighted by Crippen LogP contribution is 2.45. The predicted octanol–water partition coefficient (Wildman–Crippen LogP) is 14.1. The smallest absolute Gasteiger partial charge is 0.317 e. The normalized spacial score (nSPS) is 18.9. The van der Waals surface area contributed by atoms with Gasteiger partial charge in [0.05, 0.1) is 5.41 Å². The van der Waals surface area contributed by atoms with Crippen LogP contribution in [0.1, 0.15) is 218 Å². The average molecular weight is 673 g/mol. The predicted molar refractivity (Wildman–Crippen MR) is 208 cm³/mol. The zero-order valence-electron chi connectivity index (χ0n) is 33.0. The van der Waals surface area contributed by atoms with Gasteiger partial charge in [-0.1, -0.05) is 136 Å². The van der Waals surface area contributed by atoms with Crippen molar-refractivity contribution >= 4 is 5.97 Å². The molecule has 0 bridgehead atoms. The van der Waals surface area contributed by atoms with Gasteiger partial charge in [0.2, 0.25) is 0 Å². The maximum absolute atomic E-state index is 13.8. The van der Waals surface area contributed by atoms with Crippen molar-refractivity contribution < 1.29 is 14.3 Å². The standard InChI is InChI=1S/C46H72O3/c1-9-13-21-31-45(7,11-3)43(47)48-41-29-27-37(33-39(41)35-23-17-15-18-24-35)44(5,6)38-28-30-42(40(34-38)36-25-19-16-20-26-36)49-46(8,12-4)32-22-14-10-2/h27-30,33-36H,9-26,31-32H2,1-8H3. The van der Waals surface area contributed by atoms with Crippen molar-refractivity contribution in [2.45, 2.75) is 207 Å². The van der Waals surface area contributed by atoms with Gasteiger partial charge in [-0.05, 0) is 118 Å². The van der Waals surface area contributed by atoms with Crippen molar-refractivity contribution in [3.8, 4) is 11.5 Å². The molecule has 0 heterocycles. The van der Waals surface area contributed by atoms with Crippen LogP contribution in [0, 0.1) is 5.41 Å². The van der Waals surface area contributed by atoms with Crippen molar-refractivity contribution in [2.75, 3.05) is 0 Å². The molecule has 4 rings (SSSR count). The molecule has 2 saturated carbocycles. The van der Waals surface area contributed by atoms with Crippen molar-refractivity contribution in [1.82, 2.24) is 0 Å². The van der Waals surface area contributed by atoms with Crippen LogP contribution < -0.4 is 9.47 Å². The zero-order valence-corrected chi connectivity index (χ0v) is 33.0. The Balaban J connectivity index is 1.70. The first-order valence-corrected chi connectivity index (χ1v) is 20.7. The molecule has 0 amide bonds. The number of hydrogen-bond donors (Lipinski definition) is 0. The summed E-state index contributed by atoms with van der Waals surface area (Å²) in [5, 5.41) is 0. The molecule has 49 heavy (non-hydrogen) atoms. The lowest BCUT2D eigenvalue weighted by atomic mass is 9.74. The van der Waals surface area contributed by atoms with Gasteiger partial charge in [-0.25, -0.2) is 0 Å². The molecule has 2 aliphatic carbocycles. The molecule has 2 aliphatic rings. The van der Waals surface area contributed by atoms with Gasteiger partial charge >= 0.3 is 5.97 Å². The second-order valence-electron chi connectivity index (χ2n) is 16.9. The maximum Gasteiger partial charge on any atom is 0.317 e. The molecule has 3 heteroatoms. The summed E-state index contributed by atoms with van der Waals surface area (Å²) in [4.78, 5) is 13.8. The van der Waals surface area contributed by atoms with E-state index in [0.29, 0.717) is 11.8 Å². The molecule has 0 aliphatic heterocycles. The maximum atomic E-state index is 13.8. The van der Waals surface area contributed by atoms with Gasteiger partial charge in [-0.2, -0.15) is 0 Å². The minimum Gasteiger partial charge on any atom is -0.487 e. The third kappa shape index (κ3) is 10.2. The van der Waals surface area contributed by atoms with Crippen molar-refractivity contribution in [1.29, 1.82) is 0 Å². The van der Waals surface area contributed by atoms with E-state index in [1.807, 2.05) is 0 Å². The minimum atomic E-state index is -0.444. The van der Waals surface area contributed by atoms with Crippen molar-refractivity contribution in [3.63, 3.8) is 0 Å². The zero-order chi connectivity index (χ0) is 35.5. The molecule has 0 aromatic heterocycles. The van der Waals surface area contributed by atoms with Crippen LogP contribution in [-0.2, 0) is 10.2 Å². The van der Waals surface area contributed by atoms with E-state index in [0.717, 1.165) is 56.4 Å². The van der Waals surface area contributed by atoms with Gasteiger partial charge in [0.1, 0.15) is 17.1 Å². The molecule has 2 aromatic carbocycles. The van der Waals surface area contributed by atoms with E-state index in [1.54, 1.807) is 0 Å². The van der Waals surface area contributed by atoms with Gasteiger partial charge in [0.15, 0.2) is 0 Å². The van der Waals surface area contributed by atoms with Gasteiger partial charge in [0.25, 0.3) is 0 Å². The van der Waals surface area contributed by atoms with Gasteiger partial charge in [-0.15, -0.1) is 0 Å². The Kier molecular flexibility index (Phi) is 14.7. The summed E-state index contributed by atoms with van der Waals surface area (Å²) in [6.07, 6.45) is 23.5. The number of carbonyl (C=O) groups excluding carboxylic acids is 1. The highest BCUT2D eigenvalue weighted by molar-refractivity contribution is 5.79. The van der Waals surface area contributed by atoms with E-state index in [2.05, 4.69) is 91.8 Å². The average Bonchev–Trinajstić information content (AvgIpc) is 3.12. The molecule has 0 saturated heterocycles. The second kappa shape index (κ2) is 18.3. The number of benzene rings is 2. The lowest BCUT2D eigenvalue weighted by molar-refractivity contribution is -0.145. The fourth-order valence-electron chi connectivity index (χ4n) is 8.42. The third-order valence-electron chi connectivity index (χ3n) is 12.8. The molecule has 2 aromatic rings. The number of hydrogen-bond acceptors (Lipinski definition) is 3. The van der Waals surface area contributed by atoms with Crippen LogP contribution in [-0.4, -0.2) is 11.6 Å².